The van der Waals surface area contributed by atoms with Crippen molar-refractivity contribution in [3.8, 4) is 11.5 Å². The monoisotopic (exact) mass is 234 g/mol. The van der Waals surface area contributed by atoms with Crippen LogP contribution < -0.4 is 9.47 Å². The second kappa shape index (κ2) is 4.49. The van der Waals surface area contributed by atoms with Crippen molar-refractivity contribution in [2.24, 2.45) is 0 Å². The summed E-state index contributed by atoms with van der Waals surface area (Å²) in [5.74, 6) is 1.61. The highest BCUT2D eigenvalue weighted by Crippen LogP contribution is 2.33. The number of hydrogen-bond acceptors (Lipinski definition) is 4. The van der Waals surface area contributed by atoms with E-state index in [2.05, 4.69) is 0 Å². The van der Waals surface area contributed by atoms with Crippen LogP contribution in [0.15, 0.2) is 22.6 Å². The SMILES string of the molecule is CCC(=O)c1cc2c(OC)cc(OC)cc2o1. The summed E-state index contributed by atoms with van der Waals surface area (Å²) < 4.78 is 15.9. The molecule has 0 unspecified atom stereocenters. The molecule has 0 atom stereocenters. The van der Waals surface area contributed by atoms with E-state index in [9.17, 15) is 4.79 Å². The Balaban J connectivity index is 2.62. The molecule has 90 valence electrons. The van der Waals surface area contributed by atoms with Gasteiger partial charge in [-0.3, -0.25) is 4.79 Å². The third-order valence-electron chi connectivity index (χ3n) is 2.62. The number of benzene rings is 1. The second-order valence-corrected chi connectivity index (χ2v) is 3.63. The van der Waals surface area contributed by atoms with Gasteiger partial charge in [0.2, 0.25) is 0 Å². The predicted octanol–water partition coefficient (Wildman–Crippen LogP) is 3.04. The third-order valence-corrected chi connectivity index (χ3v) is 2.62. The first-order chi connectivity index (χ1) is 8.19. The van der Waals surface area contributed by atoms with Crippen LogP contribution in [0.25, 0.3) is 11.0 Å². The number of methoxy groups -OCH3 is 2. The molecule has 2 aromatic rings. The third kappa shape index (κ3) is 1.98. The zero-order valence-electron chi connectivity index (χ0n) is 10.1. The zero-order valence-corrected chi connectivity index (χ0v) is 10.1. The van der Waals surface area contributed by atoms with Gasteiger partial charge in [-0.25, -0.2) is 0 Å². The molecular formula is C13H14O4. The first kappa shape index (κ1) is 11.5. The highest BCUT2D eigenvalue weighted by atomic mass is 16.5. The summed E-state index contributed by atoms with van der Waals surface area (Å²) in [6.45, 7) is 1.80. The smallest absolute Gasteiger partial charge is 0.197 e. The fourth-order valence-electron chi connectivity index (χ4n) is 1.68. The normalized spacial score (nSPS) is 10.5. The van der Waals surface area contributed by atoms with Crippen molar-refractivity contribution < 1.29 is 18.7 Å². The number of rotatable bonds is 4. The molecule has 0 amide bonds. The molecule has 2 rings (SSSR count). The molecule has 4 nitrogen and oxygen atoms in total. The van der Waals surface area contributed by atoms with Gasteiger partial charge in [0, 0.05) is 18.6 Å². The van der Waals surface area contributed by atoms with Crippen LogP contribution in [0.3, 0.4) is 0 Å². The maximum absolute atomic E-state index is 11.6. The van der Waals surface area contributed by atoms with Crippen molar-refractivity contribution in [2.45, 2.75) is 13.3 Å². The molecule has 1 heterocycles. The summed E-state index contributed by atoms with van der Waals surface area (Å²) in [5, 5.41) is 0.783. The predicted molar refractivity (Wildman–Crippen MR) is 63.9 cm³/mol. The Morgan fingerprint density at radius 2 is 2.00 bits per heavy atom. The van der Waals surface area contributed by atoms with E-state index in [0.29, 0.717) is 29.3 Å². The van der Waals surface area contributed by atoms with Crippen LogP contribution in [0.4, 0.5) is 0 Å². The van der Waals surface area contributed by atoms with Crippen LogP contribution in [-0.2, 0) is 0 Å². The second-order valence-electron chi connectivity index (χ2n) is 3.63. The van der Waals surface area contributed by atoms with Gasteiger partial charge in [-0.2, -0.15) is 0 Å². The van der Waals surface area contributed by atoms with Crippen molar-refractivity contribution >= 4 is 16.8 Å². The lowest BCUT2D eigenvalue weighted by Gasteiger charge is -2.04. The first-order valence-corrected chi connectivity index (χ1v) is 5.38. The molecule has 0 saturated carbocycles. The molecule has 1 aromatic carbocycles. The lowest BCUT2D eigenvalue weighted by atomic mass is 10.2. The summed E-state index contributed by atoms with van der Waals surface area (Å²) in [7, 11) is 3.14. The number of ketones is 1. The molecule has 1 aromatic heterocycles. The van der Waals surface area contributed by atoms with Crippen LogP contribution in [0.1, 0.15) is 23.9 Å². The minimum Gasteiger partial charge on any atom is -0.496 e. The summed E-state index contributed by atoms with van der Waals surface area (Å²) in [5.41, 5.74) is 0.595. The standard InChI is InChI=1S/C13H14O4/c1-4-10(14)13-7-9-11(16-3)5-8(15-2)6-12(9)17-13/h5-7H,4H2,1-3H3. The van der Waals surface area contributed by atoms with Gasteiger partial charge in [-0.05, 0) is 6.07 Å². The van der Waals surface area contributed by atoms with E-state index in [0.717, 1.165) is 5.39 Å². The Kier molecular flexibility index (Phi) is 3.04. The molecule has 0 aliphatic carbocycles. The van der Waals surface area contributed by atoms with Crippen LogP contribution in [-0.4, -0.2) is 20.0 Å². The Hall–Kier alpha value is -1.97. The summed E-state index contributed by atoms with van der Waals surface area (Å²) >= 11 is 0. The summed E-state index contributed by atoms with van der Waals surface area (Å²) in [6, 6.07) is 5.21. The van der Waals surface area contributed by atoms with Gasteiger partial charge in [-0.15, -0.1) is 0 Å². The van der Waals surface area contributed by atoms with E-state index < -0.39 is 0 Å². The molecule has 0 saturated heterocycles. The van der Waals surface area contributed by atoms with Crippen LogP contribution in [0, 0.1) is 0 Å². The number of hydrogen-bond donors (Lipinski definition) is 0. The highest BCUT2D eigenvalue weighted by Gasteiger charge is 2.14. The molecule has 0 radical (unpaired) electrons. The molecule has 0 bridgehead atoms. The number of Topliss-reactive ketones (excluding diaryl/α,β-unsaturated/α-hetero) is 1. The first-order valence-electron chi connectivity index (χ1n) is 5.38. The minimum atomic E-state index is -0.0257. The van der Waals surface area contributed by atoms with Gasteiger partial charge in [-0.1, -0.05) is 6.92 Å². The van der Waals surface area contributed by atoms with E-state index in [1.807, 2.05) is 0 Å². The quantitative estimate of drug-likeness (QED) is 0.763. The summed E-state index contributed by atoms with van der Waals surface area (Å²) in [6.07, 6.45) is 0.416. The van der Waals surface area contributed by atoms with Crippen molar-refractivity contribution in [1.29, 1.82) is 0 Å². The molecule has 0 spiro atoms. The van der Waals surface area contributed by atoms with Crippen molar-refractivity contribution in [3.63, 3.8) is 0 Å². The average molecular weight is 234 g/mol. The Bertz CT molecular complexity index is 554. The fourth-order valence-corrected chi connectivity index (χ4v) is 1.68. The van der Waals surface area contributed by atoms with Gasteiger partial charge >= 0.3 is 0 Å². The number of furan rings is 1. The van der Waals surface area contributed by atoms with Crippen LogP contribution in [0.5, 0.6) is 11.5 Å². The van der Waals surface area contributed by atoms with Gasteiger partial charge in [0.15, 0.2) is 11.5 Å². The Morgan fingerprint density at radius 1 is 1.24 bits per heavy atom. The fraction of sp³-hybridized carbons (Fsp3) is 0.308. The van der Waals surface area contributed by atoms with Gasteiger partial charge in [0.05, 0.1) is 19.6 Å². The maximum Gasteiger partial charge on any atom is 0.197 e. The number of carbonyl (C=O) groups is 1. The topological polar surface area (TPSA) is 48.7 Å². The average Bonchev–Trinajstić information content (AvgIpc) is 2.80. The lowest BCUT2D eigenvalue weighted by molar-refractivity contribution is 0.0963. The Labute approximate surface area is 99.1 Å². The number of carbonyl (C=O) groups excluding carboxylic acids is 1. The van der Waals surface area contributed by atoms with Crippen LogP contribution in [0.2, 0.25) is 0 Å². The van der Waals surface area contributed by atoms with E-state index in [-0.39, 0.29) is 5.78 Å². The zero-order chi connectivity index (χ0) is 12.4. The molecule has 0 N–H and O–H groups in total. The van der Waals surface area contributed by atoms with E-state index >= 15 is 0 Å². The van der Waals surface area contributed by atoms with Gasteiger partial charge in [0.25, 0.3) is 0 Å². The maximum atomic E-state index is 11.6. The van der Waals surface area contributed by atoms with Crippen molar-refractivity contribution in [3.05, 3.63) is 24.0 Å². The highest BCUT2D eigenvalue weighted by molar-refractivity contribution is 5.99. The molecule has 17 heavy (non-hydrogen) atoms. The van der Waals surface area contributed by atoms with E-state index in [1.165, 1.54) is 0 Å². The molecule has 0 fully saturated rings. The molecule has 0 aliphatic rings. The van der Waals surface area contributed by atoms with E-state index in [4.69, 9.17) is 13.9 Å². The Morgan fingerprint density at radius 3 is 2.59 bits per heavy atom. The van der Waals surface area contributed by atoms with Crippen molar-refractivity contribution in [2.75, 3.05) is 14.2 Å². The largest absolute Gasteiger partial charge is 0.496 e. The molecular weight excluding hydrogens is 220 g/mol. The van der Waals surface area contributed by atoms with Crippen LogP contribution >= 0.6 is 0 Å². The summed E-state index contributed by atoms with van der Waals surface area (Å²) in [4.78, 5) is 11.6. The van der Waals surface area contributed by atoms with Gasteiger partial charge < -0.3 is 13.9 Å². The molecule has 0 aliphatic heterocycles. The molecule has 4 heteroatoms. The van der Waals surface area contributed by atoms with Crippen molar-refractivity contribution in [1.82, 2.24) is 0 Å². The number of fused-ring (bicyclic) bond motifs is 1. The lowest BCUT2D eigenvalue weighted by Crippen LogP contribution is -1.92. The minimum absolute atomic E-state index is 0.0257. The van der Waals surface area contributed by atoms with E-state index in [1.54, 1.807) is 39.3 Å². The number of ether oxygens (including phenoxy) is 2. The van der Waals surface area contributed by atoms with Gasteiger partial charge in [0.1, 0.15) is 17.1 Å².